The van der Waals surface area contributed by atoms with Crippen LogP contribution in [0.1, 0.15) is 0 Å². The maximum atomic E-state index is 6.55. The Balaban J connectivity index is 1.08. The van der Waals surface area contributed by atoms with Crippen LogP contribution in [0.4, 0.5) is 0 Å². The van der Waals surface area contributed by atoms with Crippen LogP contribution in [-0.4, -0.2) is 6.71 Å². The second-order valence-corrected chi connectivity index (χ2v) is 14.3. The molecule has 0 radical (unpaired) electrons. The van der Waals surface area contributed by atoms with Gasteiger partial charge in [-0.3, -0.25) is 0 Å². The molecule has 10 aromatic rings. The van der Waals surface area contributed by atoms with Gasteiger partial charge in [-0.05, 0) is 117 Å². The summed E-state index contributed by atoms with van der Waals surface area (Å²) in [6.07, 6.45) is 0. The molecule has 0 aromatic heterocycles. The Hall–Kier alpha value is -6.84. The first kappa shape index (κ1) is 28.8. The molecule has 0 saturated carbocycles. The lowest BCUT2D eigenvalue weighted by atomic mass is 9.35. The van der Waals surface area contributed by atoms with E-state index in [-0.39, 0.29) is 6.71 Å². The van der Waals surface area contributed by atoms with Gasteiger partial charge < -0.3 is 9.47 Å². The molecule has 53 heavy (non-hydrogen) atoms. The van der Waals surface area contributed by atoms with Crippen molar-refractivity contribution in [2.24, 2.45) is 0 Å². The Morgan fingerprint density at radius 2 is 0.755 bits per heavy atom. The predicted octanol–water partition coefficient (Wildman–Crippen LogP) is 11.5. The zero-order chi connectivity index (χ0) is 34.6. The van der Waals surface area contributed by atoms with E-state index < -0.39 is 0 Å². The molecule has 0 bridgehead atoms. The number of hydrogen-bond acceptors (Lipinski definition) is 2. The summed E-state index contributed by atoms with van der Waals surface area (Å²) in [6, 6.07) is 63.8. The van der Waals surface area contributed by atoms with Crippen molar-refractivity contribution in [2.75, 3.05) is 0 Å². The molecule has 12 rings (SSSR count). The first-order chi connectivity index (χ1) is 26.3. The molecule has 0 aliphatic carbocycles. The van der Waals surface area contributed by atoms with Crippen LogP contribution >= 0.6 is 0 Å². The standard InChI is InChI=1S/C50H29BO2/c1-2-13-33(31-25-27-45-43(29-31)51-42-20-9-10-21-44(42)52-46-22-11-23-47(53-45)50(46)51)32(12-1)30-24-26-40-41(28-30)36-16-5-8-19-39(36)48-37-17-6-3-14-34(37)35-15-4-7-18-38(35)49(40)48/h1-29H. The highest BCUT2D eigenvalue weighted by atomic mass is 16.5. The fraction of sp³-hybridized carbons (Fsp3) is 0. The van der Waals surface area contributed by atoms with Crippen molar-refractivity contribution in [3.63, 3.8) is 0 Å². The van der Waals surface area contributed by atoms with Gasteiger partial charge in [0, 0.05) is 5.46 Å². The predicted molar refractivity (Wildman–Crippen MR) is 223 cm³/mol. The average molecular weight is 673 g/mol. The van der Waals surface area contributed by atoms with Gasteiger partial charge in [0.05, 0.1) is 0 Å². The van der Waals surface area contributed by atoms with Crippen molar-refractivity contribution in [1.29, 1.82) is 0 Å². The van der Waals surface area contributed by atoms with E-state index in [1.54, 1.807) is 0 Å². The molecule has 2 heterocycles. The number of fused-ring (bicyclic) bond motifs is 15. The lowest BCUT2D eigenvalue weighted by Crippen LogP contribution is -2.57. The third-order valence-corrected chi connectivity index (χ3v) is 11.6. The van der Waals surface area contributed by atoms with Gasteiger partial charge in [-0.1, -0.05) is 146 Å². The second kappa shape index (κ2) is 10.8. The van der Waals surface area contributed by atoms with Crippen LogP contribution in [-0.2, 0) is 0 Å². The third kappa shape index (κ3) is 4.05. The maximum absolute atomic E-state index is 6.55. The van der Waals surface area contributed by atoms with Gasteiger partial charge in [-0.25, -0.2) is 0 Å². The topological polar surface area (TPSA) is 18.5 Å². The number of rotatable bonds is 2. The van der Waals surface area contributed by atoms with Crippen molar-refractivity contribution < 1.29 is 9.47 Å². The summed E-state index contributed by atoms with van der Waals surface area (Å²) < 4.78 is 12.9. The molecule has 0 unspecified atom stereocenters. The largest absolute Gasteiger partial charge is 0.458 e. The molecule has 0 saturated heterocycles. The van der Waals surface area contributed by atoms with Crippen LogP contribution in [0.15, 0.2) is 176 Å². The Morgan fingerprint density at radius 1 is 0.302 bits per heavy atom. The summed E-state index contributed by atoms with van der Waals surface area (Å²) >= 11 is 0. The Labute approximate surface area is 306 Å². The van der Waals surface area contributed by atoms with E-state index in [4.69, 9.17) is 9.47 Å². The summed E-state index contributed by atoms with van der Waals surface area (Å²) in [5.41, 5.74) is 8.16. The molecule has 0 atom stereocenters. The molecule has 3 heteroatoms. The van der Waals surface area contributed by atoms with Crippen molar-refractivity contribution in [3.8, 4) is 45.3 Å². The van der Waals surface area contributed by atoms with E-state index in [1.807, 2.05) is 24.3 Å². The van der Waals surface area contributed by atoms with E-state index in [0.29, 0.717) is 0 Å². The number of hydrogen-bond donors (Lipinski definition) is 0. The Morgan fingerprint density at radius 3 is 1.40 bits per heavy atom. The van der Waals surface area contributed by atoms with Gasteiger partial charge in [0.15, 0.2) is 0 Å². The first-order valence-electron chi connectivity index (χ1n) is 18.3. The molecule has 0 spiro atoms. The Bertz CT molecular complexity index is 3180. The quantitative estimate of drug-likeness (QED) is 0.134. The van der Waals surface area contributed by atoms with Crippen LogP contribution in [0.5, 0.6) is 23.0 Å². The van der Waals surface area contributed by atoms with Crippen LogP contribution in [0.3, 0.4) is 0 Å². The van der Waals surface area contributed by atoms with Crippen molar-refractivity contribution in [3.05, 3.63) is 176 Å². The normalized spacial score (nSPS) is 12.8. The molecule has 244 valence electrons. The fourth-order valence-electron chi connectivity index (χ4n) is 9.32. The van der Waals surface area contributed by atoms with Crippen molar-refractivity contribution in [2.45, 2.75) is 0 Å². The van der Waals surface area contributed by atoms with Crippen LogP contribution in [0.2, 0.25) is 0 Å². The maximum Gasteiger partial charge on any atom is 0.260 e. The highest BCUT2D eigenvalue weighted by molar-refractivity contribution is 6.98. The highest BCUT2D eigenvalue weighted by Gasteiger charge is 2.40. The minimum Gasteiger partial charge on any atom is -0.458 e. The van der Waals surface area contributed by atoms with E-state index >= 15 is 0 Å². The monoisotopic (exact) mass is 672 g/mol. The van der Waals surface area contributed by atoms with Crippen LogP contribution in [0, 0.1) is 0 Å². The molecule has 2 aliphatic rings. The zero-order valence-electron chi connectivity index (χ0n) is 28.6. The van der Waals surface area contributed by atoms with Gasteiger partial charge >= 0.3 is 0 Å². The summed E-state index contributed by atoms with van der Waals surface area (Å²) in [5.74, 6) is 3.51. The summed E-state index contributed by atoms with van der Waals surface area (Å²) in [7, 11) is 0. The Kier molecular flexibility index (Phi) is 5.89. The molecule has 0 amide bonds. The third-order valence-electron chi connectivity index (χ3n) is 11.6. The van der Waals surface area contributed by atoms with E-state index in [0.717, 1.165) is 44.9 Å². The van der Waals surface area contributed by atoms with E-state index in [9.17, 15) is 0 Å². The van der Waals surface area contributed by atoms with Gasteiger partial charge in [0.25, 0.3) is 6.71 Å². The van der Waals surface area contributed by atoms with Crippen molar-refractivity contribution >= 4 is 77.0 Å². The summed E-state index contributed by atoms with van der Waals surface area (Å²) in [6.45, 7) is 0.0215. The lowest BCUT2D eigenvalue weighted by molar-refractivity contribution is 0.464. The minimum atomic E-state index is 0.0215. The zero-order valence-corrected chi connectivity index (χ0v) is 28.6. The van der Waals surface area contributed by atoms with Crippen molar-refractivity contribution in [1.82, 2.24) is 0 Å². The number of benzene rings is 10. The molecule has 10 aromatic carbocycles. The second-order valence-electron chi connectivity index (χ2n) is 14.3. The molecule has 2 nitrogen and oxygen atoms in total. The van der Waals surface area contributed by atoms with E-state index in [2.05, 4.69) is 152 Å². The highest BCUT2D eigenvalue weighted by Crippen LogP contribution is 2.45. The van der Waals surface area contributed by atoms with Crippen LogP contribution in [0.25, 0.3) is 76.1 Å². The van der Waals surface area contributed by atoms with E-state index in [1.165, 1.54) is 70.6 Å². The van der Waals surface area contributed by atoms with Gasteiger partial charge in [-0.15, -0.1) is 0 Å². The molecular weight excluding hydrogens is 643 g/mol. The summed E-state index contributed by atoms with van der Waals surface area (Å²) in [4.78, 5) is 0. The average Bonchev–Trinajstić information content (AvgIpc) is 3.23. The van der Waals surface area contributed by atoms with Gasteiger partial charge in [-0.2, -0.15) is 0 Å². The fourth-order valence-corrected chi connectivity index (χ4v) is 9.32. The molecule has 0 fully saturated rings. The minimum absolute atomic E-state index is 0.0215. The summed E-state index contributed by atoms with van der Waals surface area (Å²) in [5, 5.41) is 12.9. The van der Waals surface area contributed by atoms with Gasteiger partial charge in [0.1, 0.15) is 23.0 Å². The van der Waals surface area contributed by atoms with Crippen LogP contribution < -0.4 is 25.9 Å². The number of para-hydroxylation sites is 1. The molecule has 0 N–H and O–H groups in total. The smallest absolute Gasteiger partial charge is 0.260 e. The SMILES string of the molecule is c1ccc2c(c1)Oc1cccc3c1B2c1cc(-c2ccccc2-c2ccc4c(c2)c2ccccc2c2c5ccccc5c5ccccc5c42)ccc1O3. The number of ether oxygens (including phenoxy) is 2. The molecule has 2 aliphatic heterocycles. The van der Waals surface area contributed by atoms with Gasteiger partial charge in [0.2, 0.25) is 0 Å². The lowest BCUT2D eigenvalue weighted by Gasteiger charge is -2.33. The first-order valence-corrected chi connectivity index (χ1v) is 18.3. The molecular formula is C50H29BO2.